The van der Waals surface area contributed by atoms with E-state index in [1.165, 1.54) is 12.3 Å². The van der Waals surface area contributed by atoms with Crippen LogP contribution in [0, 0.1) is 0 Å². The van der Waals surface area contributed by atoms with Crippen molar-refractivity contribution < 1.29 is 19.1 Å². The highest BCUT2D eigenvalue weighted by Crippen LogP contribution is 2.24. The van der Waals surface area contributed by atoms with Crippen molar-refractivity contribution in [2.24, 2.45) is 0 Å². The zero-order valence-electron chi connectivity index (χ0n) is 12.3. The van der Waals surface area contributed by atoms with Gasteiger partial charge in [0.25, 0.3) is 5.91 Å². The van der Waals surface area contributed by atoms with Gasteiger partial charge in [-0.3, -0.25) is 4.79 Å². The molecule has 2 N–H and O–H groups in total. The van der Waals surface area contributed by atoms with E-state index < -0.39 is 5.97 Å². The number of carboxylic acid groups (broad SMARTS) is 1. The third-order valence-electron chi connectivity index (χ3n) is 3.66. The zero-order valence-corrected chi connectivity index (χ0v) is 12.3. The SMILES string of the molecule is O=C(O)c1cc2cc(NC(=O)c3cnn4ccccc34)ccc2o1. The van der Waals surface area contributed by atoms with Crippen LogP contribution >= 0.6 is 0 Å². The molecule has 0 unspecified atom stereocenters. The fourth-order valence-corrected chi connectivity index (χ4v) is 2.53. The average Bonchev–Trinajstić information content (AvgIpc) is 3.18. The van der Waals surface area contributed by atoms with Gasteiger partial charge in [0.1, 0.15) is 5.58 Å². The van der Waals surface area contributed by atoms with Crippen LogP contribution in [0.25, 0.3) is 16.5 Å². The van der Waals surface area contributed by atoms with Crippen LogP contribution in [0.4, 0.5) is 5.69 Å². The van der Waals surface area contributed by atoms with E-state index in [9.17, 15) is 9.59 Å². The maximum Gasteiger partial charge on any atom is 0.371 e. The van der Waals surface area contributed by atoms with Gasteiger partial charge < -0.3 is 14.8 Å². The summed E-state index contributed by atoms with van der Waals surface area (Å²) in [4.78, 5) is 23.4. The first-order chi connectivity index (χ1) is 11.6. The molecular weight excluding hydrogens is 310 g/mol. The number of hydrogen-bond donors (Lipinski definition) is 2. The minimum Gasteiger partial charge on any atom is -0.475 e. The second kappa shape index (κ2) is 5.24. The largest absolute Gasteiger partial charge is 0.475 e. The average molecular weight is 321 g/mol. The third-order valence-corrected chi connectivity index (χ3v) is 3.66. The molecule has 0 atom stereocenters. The summed E-state index contributed by atoms with van der Waals surface area (Å²) in [6.45, 7) is 0. The van der Waals surface area contributed by atoms with Crippen LogP contribution in [0.1, 0.15) is 20.9 Å². The molecular formula is C17H11N3O4. The molecule has 1 amide bonds. The van der Waals surface area contributed by atoms with Crippen LogP contribution in [0.3, 0.4) is 0 Å². The van der Waals surface area contributed by atoms with Crippen LogP contribution in [-0.4, -0.2) is 26.6 Å². The molecule has 4 aromatic rings. The van der Waals surface area contributed by atoms with Crippen LogP contribution in [-0.2, 0) is 0 Å². The quantitative estimate of drug-likeness (QED) is 0.604. The maximum atomic E-state index is 12.5. The van der Waals surface area contributed by atoms with E-state index in [0.717, 1.165) is 0 Å². The van der Waals surface area contributed by atoms with Gasteiger partial charge in [-0.05, 0) is 36.4 Å². The summed E-state index contributed by atoms with van der Waals surface area (Å²) in [6.07, 6.45) is 3.26. The van der Waals surface area contributed by atoms with Gasteiger partial charge >= 0.3 is 5.97 Å². The first kappa shape index (κ1) is 14.0. The molecule has 0 aliphatic rings. The van der Waals surface area contributed by atoms with Gasteiger partial charge in [-0.2, -0.15) is 5.10 Å². The predicted octanol–water partition coefficient (Wildman–Crippen LogP) is 3.03. The number of rotatable bonds is 3. The summed E-state index contributed by atoms with van der Waals surface area (Å²) in [5.74, 6) is -1.57. The minimum atomic E-state index is -1.14. The Balaban J connectivity index is 1.66. The molecule has 0 bridgehead atoms. The summed E-state index contributed by atoms with van der Waals surface area (Å²) >= 11 is 0. The van der Waals surface area contributed by atoms with Gasteiger partial charge in [-0.1, -0.05) is 6.07 Å². The van der Waals surface area contributed by atoms with Gasteiger partial charge in [0, 0.05) is 17.3 Å². The highest BCUT2D eigenvalue weighted by atomic mass is 16.4. The Morgan fingerprint density at radius 2 is 2.04 bits per heavy atom. The van der Waals surface area contributed by atoms with Crippen LogP contribution < -0.4 is 5.32 Å². The number of hydrogen-bond acceptors (Lipinski definition) is 4. The number of carboxylic acids is 1. The smallest absolute Gasteiger partial charge is 0.371 e. The lowest BCUT2D eigenvalue weighted by molar-refractivity contribution is 0.0665. The Hall–Kier alpha value is -3.61. The number of carbonyl (C=O) groups excluding carboxylic acids is 1. The van der Waals surface area contributed by atoms with Gasteiger partial charge in [0.05, 0.1) is 17.3 Å². The topological polar surface area (TPSA) is 96.8 Å². The molecule has 3 heterocycles. The number of amides is 1. The minimum absolute atomic E-state index is 0.142. The van der Waals surface area contributed by atoms with E-state index in [0.29, 0.717) is 27.7 Å². The molecule has 0 aliphatic carbocycles. The Labute approximate surface area is 135 Å². The predicted molar refractivity (Wildman–Crippen MR) is 86.3 cm³/mol. The summed E-state index contributed by atoms with van der Waals surface area (Å²) in [6, 6.07) is 11.8. The number of benzene rings is 1. The lowest BCUT2D eigenvalue weighted by Gasteiger charge is -2.04. The summed E-state index contributed by atoms with van der Waals surface area (Å²) < 4.78 is 6.81. The third kappa shape index (κ3) is 2.28. The molecule has 0 radical (unpaired) electrons. The molecule has 1 aromatic carbocycles. The molecule has 0 spiro atoms. The molecule has 7 nitrogen and oxygen atoms in total. The molecule has 24 heavy (non-hydrogen) atoms. The zero-order chi connectivity index (χ0) is 16.7. The Bertz CT molecular complexity index is 1090. The van der Waals surface area contributed by atoms with Crippen molar-refractivity contribution >= 4 is 34.0 Å². The first-order valence-corrected chi connectivity index (χ1v) is 7.12. The lowest BCUT2D eigenvalue weighted by Crippen LogP contribution is -2.11. The van der Waals surface area contributed by atoms with Crippen molar-refractivity contribution in [1.82, 2.24) is 9.61 Å². The van der Waals surface area contributed by atoms with Gasteiger partial charge in [0.15, 0.2) is 0 Å². The number of pyridine rings is 1. The number of anilines is 1. The summed E-state index contributed by atoms with van der Waals surface area (Å²) in [7, 11) is 0. The highest BCUT2D eigenvalue weighted by Gasteiger charge is 2.14. The van der Waals surface area contributed by atoms with Gasteiger partial charge in [0.2, 0.25) is 5.76 Å². The Kier molecular flexibility index (Phi) is 3.06. The van der Waals surface area contributed by atoms with Crippen LogP contribution in [0.5, 0.6) is 0 Å². The molecule has 118 valence electrons. The molecule has 3 aromatic heterocycles. The maximum absolute atomic E-state index is 12.5. The van der Waals surface area contributed by atoms with E-state index in [2.05, 4.69) is 10.4 Å². The lowest BCUT2D eigenvalue weighted by atomic mass is 10.2. The molecule has 0 saturated carbocycles. The Morgan fingerprint density at radius 3 is 2.88 bits per heavy atom. The van der Waals surface area contributed by atoms with E-state index >= 15 is 0 Å². The number of furan rings is 1. The number of aromatic carboxylic acids is 1. The second-order valence-corrected chi connectivity index (χ2v) is 5.21. The van der Waals surface area contributed by atoms with Crippen molar-refractivity contribution in [2.45, 2.75) is 0 Å². The molecule has 0 saturated heterocycles. The number of fused-ring (bicyclic) bond motifs is 2. The number of nitrogens with zero attached hydrogens (tertiary/aromatic N) is 2. The molecule has 4 rings (SSSR count). The monoisotopic (exact) mass is 321 g/mol. The highest BCUT2D eigenvalue weighted by molar-refractivity contribution is 6.09. The van der Waals surface area contributed by atoms with Crippen molar-refractivity contribution in [3.8, 4) is 0 Å². The van der Waals surface area contributed by atoms with Crippen molar-refractivity contribution in [2.75, 3.05) is 5.32 Å². The number of aromatic nitrogens is 2. The van der Waals surface area contributed by atoms with E-state index in [4.69, 9.17) is 9.52 Å². The molecule has 0 aliphatic heterocycles. The van der Waals surface area contributed by atoms with Crippen molar-refractivity contribution in [3.05, 3.63) is 66.2 Å². The first-order valence-electron chi connectivity index (χ1n) is 7.12. The standard InChI is InChI=1S/C17H11N3O4/c21-16(12-9-18-20-6-2-1-3-13(12)20)19-11-4-5-14-10(7-11)8-15(24-14)17(22)23/h1-9H,(H,19,21)(H,22,23). The fourth-order valence-electron chi connectivity index (χ4n) is 2.53. The molecule has 0 fully saturated rings. The fraction of sp³-hybridized carbons (Fsp3) is 0. The van der Waals surface area contributed by atoms with Gasteiger partial charge in [-0.25, -0.2) is 9.31 Å². The second-order valence-electron chi connectivity index (χ2n) is 5.21. The Morgan fingerprint density at radius 1 is 1.17 bits per heavy atom. The van der Waals surface area contributed by atoms with Crippen molar-refractivity contribution in [1.29, 1.82) is 0 Å². The van der Waals surface area contributed by atoms with Crippen LogP contribution in [0.15, 0.2) is 59.3 Å². The van der Waals surface area contributed by atoms with E-state index in [-0.39, 0.29) is 11.7 Å². The number of carbonyl (C=O) groups is 2. The van der Waals surface area contributed by atoms with Crippen LogP contribution in [0.2, 0.25) is 0 Å². The summed E-state index contributed by atoms with van der Waals surface area (Å²) in [5, 5.41) is 16.5. The van der Waals surface area contributed by atoms with Gasteiger partial charge in [-0.15, -0.1) is 0 Å². The van der Waals surface area contributed by atoms with E-state index in [1.54, 1.807) is 35.0 Å². The normalized spacial score (nSPS) is 11.0. The summed E-state index contributed by atoms with van der Waals surface area (Å²) in [5.41, 5.74) is 2.14. The van der Waals surface area contributed by atoms with Crippen molar-refractivity contribution in [3.63, 3.8) is 0 Å². The van der Waals surface area contributed by atoms with E-state index in [1.807, 2.05) is 12.1 Å². The number of nitrogens with one attached hydrogen (secondary N) is 1. The molecule has 7 heteroatoms.